The van der Waals surface area contributed by atoms with Gasteiger partial charge in [-0.25, -0.2) is 9.97 Å². The Labute approximate surface area is 212 Å². The van der Waals surface area contributed by atoms with Gasteiger partial charge in [-0.2, -0.15) is 5.10 Å². The molecule has 0 atom stereocenters. The Morgan fingerprint density at radius 2 is 1.94 bits per heavy atom. The first-order chi connectivity index (χ1) is 15.7. The summed E-state index contributed by atoms with van der Waals surface area (Å²) in [5, 5.41) is 15.5. The van der Waals surface area contributed by atoms with Crippen molar-refractivity contribution in [2.75, 3.05) is 38.0 Å². The summed E-state index contributed by atoms with van der Waals surface area (Å²) < 4.78 is 1.75. The van der Waals surface area contributed by atoms with Crippen LogP contribution < -0.4 is 16.0 Å². The quantitative estimate of drug-likeness (QED) is 0.168. The van der Waals surface area contributed by atoms with Gasteiger partial charge in [0, 0.05) is 45.8 Å². The van der Waals surface area contributed by atoms with Crippen LogP contribution in [-0.4, -0.2) is 69.4 Å². The van der Waals surface area contributed by atoms with E-state index in [1.54, 1.807) is 17.2 Å². The molecule has 1 fully saturated rings. The van der Waals surface area contributed by atoms with E-state index < -0.39 is 0 Å². The van der Waals surface area contributed by atoms with E-state index in [1.165, 1.54) is 5.56 Å². The normalized spacial score (nSPS) is 15.3. The van der Waals surface area contributed by atoms with E-state index in [0.29, 0.717) is 19.1 Å². The molecule has 1 aromatic carbocycles. The number of hydrogen-bond donors (Lipinski definition) is 3. The average molecular weight is 563 g/mol. The van der Waals surface area contributed by atoms with Crippen molar-refractivity contribution in [1.82, 2.24) is 35.3 Å². The summed E-state index contributed by atoms with van der Waals surface area (Å²) in [5.41, 5.74) is 2.20. The summed E-state index contributed by atoms with van der Waals surface area (Å²) >= 11 is 0. The lowest BCUT2D eigenvalue weighted by Crippen LogP contribution is -2.48. The minimum absolute atomic E-state index is 0. The van der Waals surface area contributed by atoms with Gasteiger partial charge in [0.1, 0.15) is 12.1 Å². The Kier molecular flexibility index (Phi) is 9.67. The van der Waals surface area contributed by atoms with E-state index >= 15 is 0 Å². The molecule has 2 aromatic heterocycles. The number of anilines is 1. The van der Waals surface area contributed by atoms with Crippen molar-refractivity contribution in [3.8, 4) is 0 Å². The van der Waals surface area contributed by atoms with Crippen molar-refractivity contribution < 1.29 is 0 Å². The number of hydrogen-bond acceptors (Lipinski definition) is 6. The van der Waals surface area contributed by atoms with Gasteiger partial charge in [-0.3, -0.25) is 14.6 Å². The summed E-state index contributed by atoms with van der Waals surface area (Å²) in [5.74, 6) is 1.67. The number of guanidine groups is 1. The van der Waals surface area contributed by atoms with Crippen molar-refractivity contribution in [1.29, 1.82) is 0 Å². The average Bonchev–Trinajstić information content (AvgIpc) is 3.20. The number of benzene rings is 1. The number of likely N-dealkylation sites (tertiary alicyclic amines) is 1. The van der Waals surface area contributed by atoms with E-state index in [9.17, 15) is 0 Å². The van der Waals surface area contributed by atoms with Crippen LogP contribution in [0.4, 0.5) is 5.82 Å². The topological polar surface area (TPSA) is 95.3 Å². The number of rotatable bonds is 8. The number of aliphatic imine (C=N–C) groups is 1. The Morgan fingerprint density at radius 3 is 2.70 bits per heavy atom. The first-order valence-corrected chi connectivity index (χ1v) is 11.4. The maximum Gasteiger partial charge on any atom is 0.191 e. The fourth-order valence-electron chi connectivity index (χ4n) is 4.04. The monoisotopic (exact) mass is 563 g/mol. The van der Waals surface area contributed by atoms with Gasteiger partial charge in [-0.1, -0.05) is 30.3 Å². The molecule has 1 aliphatic heterocycles. The van der Waals surface area contributed by atoms with Crippen LogP contribution in [0.15, 0.2) is 47.8 Å². The molecule has 3 aromatic rings. The lowest BCUT2D eigenvalue weighted by molar-refractivity contribution is 0.198. The SMILES string of the molecule is CCNC(=NCCNc1ncnc2c1cnn2C)NC1CCN(Cc2ccccc2)CC1.I. The first kappa shape index (κ1) is 25.2. The zero-order chi connectivity index (χ0) is 22.2. The number of aromatic nitrogens is 4. The predicted molar refractivity (Wildman–Crippen MR) is 144 cm³/mol. The molecule has 0 bridgehead atoms. The van der Waals surface area contributed by atoms with Crippen molar-refractivity contribution >= 4 is 46.8 Å². The van der Waals surface area contributed by atoms with E-state index in [0.717, 1.165) is 61.8 Å². The number of halogens is 1. The smallest absolute Gasteiger partial charge is 0.191 e. The zero-order valence-corrected chi connectivity index (χ0v) is 21.7. The first-order valence-electron chi connectivity index (χ1n) is 11.4. The highest BCUT2D eigenvalue weighted by molar-refractivity contribution is 14.0. The highest BCUT2D eigenvalue weighted by Gasteiger charge is 2.20. The van der Waals surface area contributed by atoms with Crippen LogP contribution in [0.1, 0.15) is 25.3 Å². The molecule has 0 aliphatic carbocycles. The molecule has 0 spiro atoms. The molecule has 4 rings (SSSR count). The molecule has 1 aliphatic rings. The summed E-state index contributed by atoms with van der Waals surface area (Å²) in [7, 11) is 1.88. The molecular formula is C23H34IN9. The minimum atomic E-state index is 0. The van der Waals surface area contributed by atoms with Crippen molar-refractivity contribution in [2.24, 2.45) is 12.0 Å². The molecule has 0 unspecified atom stereocenters. The third-order valence-electron chi connectivity index (χ3n) is 5.73. The third-order valence-corrected chi connectivity index (χ3v) is 5.73. The number of fused-ring (bicyclic) bond motifs is 1. The lowest BCUT2D eigenvalue weighted by atomic mass is 10.0. The van der Waals surface area contributed by atoms with E-state index in [1.807, 2.05) is 7.05 Å². The standard InChI is InChI=1S/C23H33N9.HI/c1-3-24-23(26-12-11-25-21-20-15-29-31(2)22(20)28-17-27-21)30-19-9-13-32(14-10-19)16-18-7-5-4-6-8-18;/h4-8,15,17,19H,3,9-14,16H2,1-2H3,(H2,24,26,30)(H,25,27,28);1H. The van der Waals surface area contributed by atoms with Crippen LogP contribution in [0.3, 0.4) is 0 Å². The molecule has 0 saturated carbocycles. The maximum atomic E-state index is 4.75. The van der Waals surface area contributed by atoms with E-state index in [-0.39, 0.29) is 24.0 Å². The number of nitrogens with zero attached hydrogens (tertiary/aromatic N) is 6. The van der Waals surface area contributed by atoms with Crippen LogP contribution in [0.5, 0.6) is 0 Å². The van der Waals surface area contributed by atoms with Crippen LogP contribution in [0, 0.1) is 0 Å². The molecule has 3 N–H and O–H groups in total. The fourth-order valence-corrected chi connectivity index (χ4v) is 4.04. The fraction of sp³-hybridized carbons (Fsp3) is 0.478. The Hall–Kier alpha value is -2.47. The van der Waals surface area contributed by atoms with Crippen LogP contribution in [0.2, 0.25) is 0 Å². The van der Waals surface area contributed by atoms with Gasteiger partial charge in [-0.05, 0) is 25.3 Å². The van der Waals surface area contributed by atoms with Gasteiger partial charge >= 0.3 is 0 Å². The second-order valence-corrected chi connectivity index (χ2v) is 8.10. The second kappa shape index (κ2) is 12.7. The van der Waals surface area contributed by atoms with Gasteiger partial charge in [-0.15, -0.1) is 24.0 Å². The van der Waals surface area contributed by atoms with Crippen LogP contribution in [-0.2, 0) is 13.6 Å². The van der Waals surface area contributed by atoms with Crippen molar-refractivity contribution in [3.05, 3.63) is 48.4 Å². The minimum Gasteiger partial charge on any atom is -0.367 e. The number of aryl methyl sites for hydroxylation is 1. The Bertz CT molecular complexity index is 1010. The highest BCUT2D eigenvalue weighted by Crippen LogP contribution is 2.17. The molecule has 3 heterocycles. The second-order valence-electron chi connectivity index (χ2n) is 8.10. The zero-order valence-electron chi connectivity index (χ0n) is 19.4. The molecule has 0 amide bonds. The summed E-state index contributed by atoms with van der Waals surface area (Å²) in [4.78, 5) is 15.9. The molecule has 9 nitrogen and oxygen atoms in total. The summed E-state index contributed by atoms with van der Waals surface area (Å²) in [6.07, 6.45) is 5.59. The van der Waals surface area contributed by atoms with Crippen molar-refractivity contribution in [2.45, 2.75) is 32.4 Å². The largest absolute Gasteiger partial charge is 0.367 e. The molecule has 0 radical (unpaired) electrons. The Morgan fingerprint density at radius 1 is 1.15 bits per heavy atom. The lowest BCUT2D eigenvalue weighted by Gasteiger charge is -2.33. The highest BCUT2D eigenvalue weighted by atomic mass is 127. The van der Waals surface area contributed by atoms with Crippen LogP contribution in [0.25, 0.3) is 11.0 Å². The van der Waals surface area contributed by atoms with Gasteiger partial charge < -0.3 is 16.0 Å². The maximum absolute atomic E-state index is 4.75. The summed E-state index contributed by atoms with van der Waals surface area (Å²) in [6.45, 7) is 7.50. The van der Waals surface area contributed by atoms with E-state index in [2.05, 4.69) is 73.2 Å². The van der Waals surface area contributed by atoms with Gasteiger partial charge in [0.05, 0.1) is 18.1 Å². The van der Waals surface area contributed by atoms with Gasteiger partial charge in [0.25, 0.3) is 0 Å². The third kappa shape index (κ3) is 7.00. The number of nitrogens with one attached hydrogen (secondary N) is 3. The van der Waals surface area contributed by atoms with Gasteiger partial charge in [0.2, 0.25) is 0 Å². The molecule has 33 heavy (non-hydrogen) atoms. The van der Waals surface area contributed by atoms with Crippen LogP contribution >= 0.6 is 24.0 Å². The molecule has 178 valence electrons. The molecule has 10 heteroatoms. The Balaban J connectivity index is 0.00000306. The number of piperidine rings is 1. The predicted octanol–water partition coefficient (Wildman–Crippen LogP) is 2.61. The summed E-state index contributed by atoms with van der Waals surface area (Å²) in [6, 6.07) is 11.2. The molecule has 1 saturated heterocycles. The van der Waals surface area contributed by atoms with Crippen molar-refractivity contribution in [3.63, 3.8) is 0 Å². The van der Waals surface area contributed by atoms with E-state index in [4.69, 9.17) is 4.99 Å². The van der Waals surface area contributed by atoms with Gasteiger partial charge in [0.15, 0.2) is 11.6 Å². The molecular weight excluding hydrogens is 529 g/mol.